The van der Waals surface area contributed by atoms with Gasteiger partial charge in [0.05, 0.1) is 12.1 Å². The lowest BCUT2D eigenvalue weighted by Gasteiger charge is -2.27. The summed E-state index contributed by atoms with van der Waals surface area (Å²) in [5, 5.41) is 0. The first kappa shape index (κ1) is 15.6. The average Bonchev–Trinajstić information content (AvgIpc) is 3.34. The molecule has 4 heterocycles. The number of fused-ring (bicyclic) bond motifs is 1. The van der Waals surface area contributed by atoms with E-state index in [4.69, 9.17) is 4.74 Å². The van der Waals surface area contributed by atoms with Gasteiger partial charge >= 0.3 is 0 Å². The molecule has 2 fully saturated rings. The fourth-order valence-electron chi connectivity index (χ4n) is 3.96. The van der Waals surface area contributed by atoms with Crippen molar-refractivity contribution in [3.63, 3.8) is 0 Å². The SMILES string of the molecule is CO[C@H]1C[C@@H](C(=O)N2CCCC2)N(Cc2cccc3nccn23)C1. The molecule has 2 atom stereocenters. The van der Waals surface area contributed by atoms with E-state index in [0.717, 1.165) is 56.8 Å². The van der Waals surface area contributed by atoms with Gasteiger partial charge in [-0.05, 0) is 31.4 Å². The summed E-state index contributed by atoms with van der Waals surface area (Å²) in [7, 11) is 1.74. The quantitative estimate of drug-likeness (QED) is 0.854. The fraction of sp³-hybridized carbons (Fsp3) is 0.556. The highest BCUT2D eigenvalue weighted by atomic mass is 16.5. The van der Waals surface area contributed by atoms with Crippen LogP contribution in [0.2, 0.25) is 0 Å². The third-order valence-corrected chi connectivity index (χ3v) is 5.28. The van der Waals surface area contributed by atoms with Crippen molar-refractivity contribution in [2.75, 3.05) is 26.7 Å². The van der Waals surface area contributed by atoms with Gasteiger partial charge in [-0.3, -0.25) is 9.69 Å². The van der Waals surface area contributed by atoms with Gasteiger partial charge < -0.3 is 14.0 Å². The minimum atomic E-state index is -0.0770. The molecular formula is C18H24N4O2. The maximum atomic E-state index is 12.9. The van der Waals surface area contributed by atoms with Crippen molar-refractivity contribution in [3.8, 4) is 0 Å². The second-order valence-electron chi connectivity index (χ2n) is 6.74. The van der Waals surface area contributed by atoms with Crippen LogP contribution in [0, 0.1) is 0 Å². The van der Waals surface area contributed by atoms with E-state index in [1.54, 1.807) is 7.11 Å². The summed E-state index contributed by atoms with van der Waals surface area (Å²) in [6.07, 6.45) is 6.95. The number of pyridine rings is 1. The number of hydrogen-bond donors (Lipinski definition) is 0. The van der Waals surface area contributed by atoms with Gasteiger partial charge in [-0.2, -0.15) is 0 Å². The molecule has 2 aliphatic rings. The Morgan fingerprint density at radius 2 is 2.17 bits per heavy atom. The third kappa shape index (κ3) is 2.80. The van der Waals surface area contributed by atoms with E-state index in [1.807, 2.05) is 29.4 Å². The van der Waals surface area contributed by atoms with Crippen molar-refractivity contribution in [1.29, 1.82) is 0 Å². The van der Waals surface area contributed by atoms with Crippen molar-refractivity contribution in [2.24, 2.45) is 0 Å². The number of ether oxygens (including phenoxy) is 1. The van der Waals surface area contributed by atoms with Crippen molar-refractivity contribution < 1.29 is 9.53 Å². The molecule has 0 unspecified atom stereocenters. The summed E-state index contributed by atoms with van der Waals surface area (Å²) >= 11 is 0. The molecule has 2 aromatic rings. The van der Waals surface area contributed by atoms with E-state index in [9.17, 15) is 4.79 Å². The molecule has 0 N–H and O–H groups in total. The zero-order chi connectivity index (χ0) is 16.5. The minimum absolute atomic E-state index is 0.0770. The lowest BCUT2D eigenvalue weighted by molar-refractivity contribution is -0.135. The highest BCUT2D eigenvalue weighted by molar-refractivity contribution is 5.82. The lowest BCUT2D eigenvalue weighted by atomic mass is 10.1. The van der Waals surface area contributed by atoms with Crippen LogP contribution in [0.4, 0.5) is 0 Å². The Labute approximate surface area is 142 Å². The van der Waals surface area contributed by atoms with Gasteiger partial charge in [-0.15, -0.1) is 0 Å². The van der Waals surface area contributed by atoms with Crippen molar-refractivity contribution in [2.45, 2.75) is 38.0 Å². The second kappa shape index (κ2) is 6.53. The maximum Gasteiger partial charge on any atom is 0.240 e. The predicted octanol–water partition coefficient (Wildman–Crippen LogP) is 1.55. The molecular weight excluding hydrogens is 304 g/mol. The smallest absolute Gasteiger partial charge is 0.240 e. The minimum Gasteiger partial charge on any atom is -0.380 e. The van der Waals surface area contributed by atoms with E-state index < -0.39 is 0 Å². The zero-order valence-electron chi connectivity index (χ0n) is 14.1. The van der Waals surface area contributed by atoms with Crippen LogP contribution in [0.3, 0.4) is 0 Å². The van der Waals surface area contributed by atoms with Crippen LogP contribution in [-0.2, 0) is 16.1 Å². The molecule has 6 nitrogen and oxygen atoms in total. The molecule has 24 heavy (non-hydrogen) atoms. The topological polar surface area (TPSA) is 50.1 Å². The Kier molecular flexibility index (Phi) is 4.24. The van der Waals surface area contributed by atoms with E-state index >= 15 is 0 Å². The molecule has 1 amide bonds. The number of rotatable bonds is 4. The van der Waals surface area contributed by atoms with Crippen molar-refractivity contribution in [3.05, 3.63) is 36.3 Å². The van der Waals surface area contributed by atoms with Gasteiger partial charge in [0, 0.05) is 51.4 Å². The Morgan fingerprint density at radius 1 is 1.33 bits per heavy atom. The molecule has 4 rings (SSSR count). The van der Waals surface area contributed by atoms with Gasteiger partial charge in [0.1, 0.15) is 5.65 Å². The van der Waals surface area contributed by atoms with Gasteiger partial charge in [0.15, 0.2) is 0 Å². The average molecular weight is 328 g/mol. The zero-order valence-corrected chi connectivity index (χ0v) is 14.1. The van der Waals surface area contributed by atoms with Crippen LogP contribution in [0.15, 0.2) is 30.6 Å². The molecule has 2 aromatic heterocycles. The fourth-order valence-corrected chi connectivity index (χ4v) is 3.96. The van der Waals surface area contributed by atoms with Crippen LogP contribution < -0.4 is 0 Å². The van der Waals surface area contributed by atoms with Gasteiger partial charge in [0.2, 0.25) is 5.91 Å². The number of likely N-dealkylation sites (tertiary alicyclic amines) is 2. The number of amides is 1. The van der Waals surface area contributed by atoms with Crippen molar-refractivity contribution in [1.82, 2.24) is 19.2 Å². The Hall–Kier alpha value is -1.92. The highest BCUT2D eigenvalue weighted by Crippen LogP contribution is 2.25. The van der Waals surface area contributed by atoms with Crippen LogP contribution >= 0.6 is 0 Å². The predicted molar refractivity (Wildman–Crippen MR) is 90.6 cm³/mol. The number of nitrogens with zero attached hydrogens (tertiary/aromatic N) is 4. The van der Waals surface area contributed by atoms with E-state index in [2.05, 4.69) is 20.4 Å². The molecule has 0 aliphatic carbocycles. The molecule has 0 saturated carbocycles. The molecule has 0 aromatic carbocycles. The van der Waals surface area contributed by atoms with Crippen molar-refractivity contribution >= 4 is 11.6 Å². The second-order valence-corrected chi connectivity index (χ2v) is 6.74. The van der Waals surface area contributed by atoms with E-state index in [1.165, 1.54) is 0 Å². The summed E-state index contributed by atoms with van der Waals surface area (Å²) in [6, 6.07) is 6.05. The normalized spacial score (nSPS) is 25.0. The molecule has 0 radical (unpaired) electrons. The monoisotopic (exact) mass is 328 g/mol. The maximum absolute atomic E-state index is 12.9. The summed E-state index contributed by atoms with van der Waals surface area (Å²) in [5.74, 6) is 0.268. The van der Waals surface area contributed by atoms with Crippen LogP contribution in [-0.4, -0.2) is 64.0 Å². The van der Waals surface area contributed by atoms with Gasteiger partial charge in [-0.25, -0.2) is 4.98 Å². The van der Waals surface area contributed by atoms with Crippen LogP contribution in [0.1, 0.15) is 25.0 Å². The number of hydrogen-bond acceptors (Lipinski definition) is 4. The van der Waals surface area contributed by atoms with E-state index in [-0.39, 0.29) is 18.1 Å². The molecule has 0 bridgehead atoms. The first-order valence-corrected chi connectivity index (χ1v) is 8.73. The standard InChI is InChI=1S/C18H24N4O2/c1-24-15-11-16(18(23)20-8-2-3-9-20)21(13-15)12-14-5-4-6-17-19-7-10-22(14)17/h4-7,10,15-16H,2-3,8-9,11-13H2,1H3/t15-,16-/m0/s1. The summed E-state index contributed by atoms with van der Waals surface area (Å²) in [6.45, 7) is 3.33. The first-order valence-electron chi connectivity index (χ1n) is 8.73. The summed E-state index contributed by atoms with van der Waals surface area (Å²) in [4.78, 5) is 21.6. The van der Waals surface area contributed by atoms with Gasteiger partial charge in [0.25, 0.3) is 0 Å². The number of aromatic nitrogens is 2. The first-order chi connectivity index (χ1) is 11.8. The largest absolute Gasteiger partial charge is 0.380 e. The molecule has 6 heteroatoms. The number of carbonyl (C=O) groups excluding carboxylic acids is 1. The summed E-state index contributed by atoms with van der Waals surface area (Å²) in [5.41, 5.74) is 2.10. The Morgan fingerprint density at radius 3 is 2.96 bits per heavy atom. The van der Waals surface area contributed by atoms with Crippen LogP contribution in [0.25, 0.3) is 5.65 Å². The Balaban J connectivity index is 1.57. The molecule has 2 aliphatic heterocycles. The van der Waals surface area contributed by atoms with Crippen LogP contribution in [0.5, 0.6) is 0 Å². The summed E-state index contributed by atoms with van der Waals surface area (Å²) < 4.78 is 7.66. The molecule has 128 valence electrons. The lowest BCUT2D eigenvalue weighted by Crippen LogP contribution is -2.44. The Bertz CT molecular complexity index is 723. The number of imidazole rings is 1. The number of carbonyl (C=O) groups is 1. The molecule has 2 saturated heterocycles. The number of methoxy groups -OCH3 is 1. The third-order valence-electron chi connectivity index (χ3n) is 5.28. The highest BCUT2D eigenvalue weighted by Gasteiger charge is 2.39. The molecule has 0 spiro atoms. The van der Waals surface area contributed by atoms with E-state index in [0.29, 0.717) is 0 Å². The van der Waals surface area contributed by atoms with Gasteiger partial charge in [-0.1, -0.05) is 6.07 Å².